The van der Waals surface area contributed by atoms with E-state index in [9.17, 15) is 14.7 Å². The van der Waals surface area contributed by atoms with Crippen molar-refractivity contribution in [3.8, 4) is 0 Å². The van der Waals surface area contributed by atoms with Crippen LogP contribution in [-0.2, 0) is 27.3 Å². The smallest absolute Gasteiger partial charge is 0.325 e. The van der Waals surface area contributed by atoms with Gasteiger partial charge in [0.25, 0.3) is 0 Å². The van der Waals surface area contributed by atoms with Crippen LogP contribution in [0.4, 0.5) is 5.69 Å². The quantitative estimate of drug-likeness (QED) is 0.657. The largest absolute Gasteiger partial charge is 0.481 e. The topological polar surface area (TPSA) is 66.8 Å². The SMILES string of the molecule is CCOC(=O)CN(Cc1ccc(CC(C)(C)C(=O)O)cc1)c1ccc(C)cc1. The van der Waals surface area contributed by atoms with Gasteiger partial charge in [0.05, 0.1) is 12.0 Å². The zero-order chi connectivity index (χ0) is 20.7. The molecule has 0 aliphatic carbocycles. The summed E-state index contributed by atoms with van der Waals surface area (Å²) in [5.74, 6) is -1.07. The molecule has 0 bridgehead atoms. The van der Waals surface area contributed by atoms with Crippen LogP contribution in [0.15, 0.2) is 48.5 Å². The fourth-order valence-electron chi connectivity index (χ4n) is 2.93. The Balaban J connectivity index is 2.15. The number of anilines is 1. The Hall–Kier alpha value is -2.82. The summed E-state index contributed by atoms with van der Waals surface area (Å²) in [5, 5.41) is 9.30. The van der Waals surface area contributed by atoms with Crippen LogP contribution in [0.2, 0.25) is 0 Å². The van der Waals surface area contributed by atoms with Gasteiger partial charge < -0.3 is 14.7 Å². The second-order valence-electron chi connectivity index (χ2n) is 7.68. The zero-order valence-corrected chi connectivity index (χ0v) is 17.1. The maximum Gasteiger partial charge on any atom is 0.325 e. The molecular formula is C23H29NO4. The van der Waals surface area contributed by atoms with Crippen molar-refractivity contribution in [2.75, 3.05) is 18.1 Å². The lowest BCUT2D eigenvalue weighted by molar-refractivity contribution is -0.146. The molecule has 2 aromatic rings. The summed E-state index contributed by atoms with van der Waals surface area (Å²) in [6, 6.07) is 15.9. The number of carboxylic acids is 1. The van der Waals surface area contributed by atoms with E-state index in [4.69, 9.17) is 4.74 Å². The molecule has 0 spiro atoms. The maximum absolute atomic E-state index is 12.0. The van der Waals surface area contributed by atoms with Crippen LogP contribution < -0.4 is 4.90 Å². The van der Waals surface area contributed by atoms with E-state index in [1.54, 1.807) is 20.8 Å². The van der Waals surface area contributed by atoms with Crippen LogP contribution in [0.3, 0.4) is 0 Å². The highest BCUT2D eigenvalue weighted by atomic mass is 16.5. The number of hydrogen-bond acceptors (Lipinski definition) is 4. The highest BCUT2D eigenvalue weighted by Gasteiger charge is 2.27. The van der Waals surface area contributed by atoms with Crippen LogP contribution in [-0.4, -0.2) is 30.2 Å². The Labute approximate surface area is 166 Å². The highest BCUT2D eigenvalue weighted by Crippen LogP contribution is 2.23. The third kappa shape index (κ3) is 6.12. The van der Waals surface area contributed by atoms with Crippen molar-refractivity contribution in [1.82, 2.24) is 0 Å². The molecular weight excluding hydrogens is 354 g/mol. The molecule has 0 amide bonds. The second-order valence-corrected chi connectivity index (χ2v) is 7.68. The molecule has 28 heavy (non-hydrogen) atoms. The minimum atomic E-state index is -0.809. The van der Waals surface area contributed by atoms with Gasteiger partial charge in [-0.05, 0) is 57.4 Å². The van der Waals surface area contributed by atoms with Gasteiger partial charge in [0.15, 0.2) is 0 Å². The minimum Gasteiger partial charge on any atom is -0.481 e. The Morgan fingerprint density at radius 2 is 1.57 bits per heavy atom. The number of aliphatic carboxylic acids is 1. The Kier molecular flexibility index (Phi) is 7.21. The van der Waals surface area contributed by atoms with Crippen molar-refractivity contribution < 1.29 is 19.4 Å². The number of carbonyl (C=O) groups excluding carboxylic acids is 1. The molecule has 1 N–H and O–H groups in total. The van der Waals surface area contributed by atoms with Crippen molar-refractivity contribution in [1.29, 1.82) is 0 Å². The molecule has 2 aromatic carbocycles. The summed E-state index contributed by atoms with van der Waals surface area (Å²) in [6.07, 6.45) is 0.465. The number of hydrogen-bond donors (Lipinski definition) is 1. The summed E-state index contributed by atoms with van der Waals surface area (Å²) >= 11 is 0. The predicted molar refractivity (Wildman–Crippen MR) is 110 cm³/mol. The molecule has 150 valence electrons. The number of benzene rings is 2. The van der Waals surface area contributed by atoms with Gasteiger partial charge in [0.1, 0.15) is 6.54 Å². The van der Waals surface area contributed by atoms with Gasteiger partial charge in [-0.25, -0.2) is 0 Å². The van der Waals surface area contributed by atoms with E-state index in [0.29, 0.717) is 19.6 Å². The molecule has 0 heterocycles. The average Bonchev–Trinajstić information content (AvgIpc) is 2.63. The fraction of sp³-hybridized carbons (Fsp3) is 0.391. The van der Waals surface area contributed by atoms with Crippen LogP contribution in [0, 0.1) is 12.3 Å². The molecule has 5 nitrogen and oxygen atoms in total. The number of rotatable bonds is 9. The second kappa shape index (κ2) is 9.40. The summed E-state index contributed by atoms with van der Waals surface area (Å²) in [5.41, 5.74) is 3.32. The third-order valence-electron chi connectivity index (χ3n) is 4.65. The first-order valence-electron chi connectivity index (χ1n) is 9.49. The summed E-state index contributed by atoms with van der Waals surface area (Å²) in [7, 11) is 0. The number of aryl methyl sites for hydroxylation is 1. The van der Waals surface area contributed by atoms with Gasteiger partial charge in [-0.2, -0.15) is 0 Å². The van der Waals surface area contributed by atoms with E-state index in [-0.39, 0.29) is 12.5 Å². The van der Waals surface area contributed by atoms with Crippen molar-refractivity contribution in [3.63, 3.8) is 0 Å². The first kappa shape index (κ1) is 21.5. The lowest BCUT2D eigenvalue weighted by atomic mass is 9.86. The standard InChI is InChI=1S/C23H29NO4/c1-5-28-21(25)16-24(20-12-6-17(2)7-13-20)15-19-10-8-18(9-11-19)14-23(3,4)22(26)27/h6-13H,5,14-16H2,1-4H3,(H,26,27). The number of nitrogens with zero attached hydrogens (tertiary/aromatic N) is 1. The van der Waals surface area contributed by atoms with Crippen LogP contribution in [0.1, 0.15) is 37.5 Å². The summed E-state index contributed by atoms with van der Waals surface area (Å²) in [6.45, 7) is 8.36. The monoisotopic (exact) mass is 383 g/mol. The normalized spacial score (nSPS) is 11.1. The fourth-order valence-corrected chi connectivity index (χ4v) is 2.93. The predicted octanol–water partition coefficient (Wildman–Crippen LogP) is 4.22. The van der Waals surface area contributed by atoms with Gasteiger partial charge >= 0.3 is 11.9 Å². The number of carbonyl (C=O) groups is 2. The third-order valence-corrected chi connectivity index (χ3v) is 4.65. The van der Waals surface area contributed by atoms with Crippen molar-refractivity contribution in [2.24, 2.45) is 5.41 Å². The number of esters is 1. The highest BCUT2D eigenvalue weighted by molar-refractivity contribution is 5.76. The van der Waals surface area contributed by atoms with Crippen molar-refractivity contribution in [2.45, 2.75) is 40.7 Å². The first-order chi connectivity index (χ1) is 13.2. The molecule has 0 atom stereocenters. The van der Waals surface area contributed by atoms with Crippen LogP contribution >= 0.6 is 0 Å². The van der Waals surface area contributed by atoms with Crippen molar-refractivity contribution >= 4 is 17.6 Å². The minimum absolute atomic E-state index is 0.171. The van der Waals surface area contributed by atoms with Gasteiger partial charge in [0.2, 0.25) is 0 Å². The molecule has 2 rings (SSSR count). The molecule has 0 saturated carbocycles. The molecule has 5 heteroatoms. The van der Waals surface area contributed by atoms with Crippen LogP contribution in [0.25, 0.3) is 0 Å². The van der Waals surface area contributed by atoms with Crippen LogP contribution in [0.5, 0.6) is 0 Å². The van der Waals surface area contributed by atoms with Gasteiger partial charge in [0, 0.05) is 12.2 Å². The molecule has 0 aliphatic heterocycles. The number of carboxylic acid groups (broad SMARTS) is 1. The van der Waals surface area contributed by atoms with Crippen molar-refractivity contribution in [3.05, 3.63) is 65.2 Å². The Bertz CT molecular complexity index is 794. The number of ether oxygens (including phenoxy) is 1. The van der Waals surface area contributed by atoms with E-state index in [0.717, 1.165) is 22.4 Å². The summed E-state index contributed by atoms with van der Waals surface area (Å²) in [4.78, 5) is 25.3. The average molecular weight is 383 g/mol. The molecule has 0 aliphatic rings. The van der Waals surface area contributed by atoms with E-state index >= 15 is 0 Å². The van der Waals surface area contributed by atoms with E-state index in [2.05, 4.69) is 0 Å². The molecule has 0 saturated heterocycles. The van der Waals surface area contributed by atoms with Gasteiger partial charge in [-0.3, -0.25) is 9.59 Å². The molecule has 0 fully saturated rings. The summed E-state index contributed by atoms with van der Waals surface area (Å²) < 4.78 is 5.12. The van der Waals surface area contributed by atoms with Gasteiger partial charge in [-0.1, -0.05) is 42.0 Å². The first-order valence-corrected chi connectivity index (χ1v) is 9.49. The van der Waals surface area contributed by atoms with E-state index in [1.807, 2.05) is 60.4 Å². The lowest BCUT2D eigenvalue weighted by Crippen LogP contribution is -2.30. The molecule has 0 aromatic heterocycles. The Morgan fingerprint density at radius 3 is 2.11 bits per heavy atom. The molecule has 0 unspecified atom stereocenters. The molecule has 0 radical (unpaired) electrons. The lowest BCUT2D eigenvalue weighted by Gasteiger charge is -2.24. The Morgan fingerprint density at radius 1 is 1.00 bits per heavy atom. The van der Waals surface area contributed by atoms with E-state index in [1.165, 1.54) is 0 Å². The van der Waals surface area contributed by atoms with E-state index < -0.39 is 11.4 Å². The zero-order valence-electron chi connectivity index (χ0n) is 17.1. The van der Waals surface area contributed by atoms with Gasteiger partial charge in [-0.15, -0.1) is 0 Å². The maximum atomic E-state index is 12.0.